The monoisotopic (exact) mass is 339 g/mol. The summed E-state index contributed by atoms with van der Waals surface area (Å²) in [5.41, 5.74) is 1.93. The minimum absolute atomic E-state index is 0.495. The molecule has 25 heavy (non-hydrogen) atoms. The maximum atomic E-state index is 12.2. The van der Waals surface area contributed by atoms with Crippen LogP contribution in [0.3, 0.4) is 0 Å². The molecule has 1 aromatic carbocycles. The standard InChI is InChI=1S/C18H21N5O2/c1-11-9-19-12(2)21-16(11)22-14-6-7-15-13(8-14)10-20-23(15)17(24)25-18(3,4)5/h6-10H,1-5H3,(H,19,21,22). The Morgan fingerprint density at radius 2 is 1.96 bits per heavy atom. The van der Waals surface area contributed by atoms with Gasteiger partial charge in [0.25, 0.3) is 0 Å². The van der Waals surface area contributed by atoms with Gasteiger partial charge in [-0.2, -0.15) is 9.78 Å². The maximum Gasteiger partial charge on any atom is 0.435 e. The van der Waals surface area contributed by atoms with E-state index in [-0.39, 0.29) is 0 Å². The lowest BCUT2D eigenvalue weighted by molar-refractivity contribution is 0.0523. The summed E-state index contributed by atoms with van der Waals surface area (Å²) >= 11 is 0. The second-order valence-corrected chi connectivity index (χ2v) is 6.88. The molecule has 7 heteroatoms. The van der Waals surface area contributed by atoms with Gasteiger partial charge in [-0.25, -0.2) is 14.8 Å². The summed E-state index contributed by atoms with van der Waals surface area (Å²) in [7, 11) is 0. The van der Waals surface area contributed by atoms with E-state index >= 15 is 0 Å². The van der Waals surface area contributed by atoms with Crippen LogP contribution in [-0.2, 0) is 4.74 Å². The Bertz CT molecular complexity index is 940. The Morgan fingerprint density at radius 3 is 2.68 bits per heavy atom. The Kier molecular flexibility index (Phi) is 4.16. The first-order chi connectivity index (χ1) is 11.7. The molecule has 3 rings (SSSR count). The third-order valence-electron chi connectivity index (χ3n) is 3.49. The summed E-state index contributed by atoms with van der Waals surface area (Å²) in [6.07, 6.45) is 2.93. The number of hydrogen-bond acceptors (Lipinski definition) is 6. The predicted octanol–water partition coefficient (Wildman–Crippen LogP) is 3.97. The molecule has 2 aromatic heterocycles. The molecule has 0 aliphatic heterocycles. The van der Waals surface area contributed by atoms with Crippen LogP contribution in [0.5, 0.6) is 0 Å². The van der Waals surface area contributed by atoms with Crippen LogP contribution in [0.25, 0.3) is 10.9 Å². The molecule has 0 spiro atoms. The van der Waals surface area contributed by atoms with Gasteiger partial charge in [0, 0.05) is 22.8 Å². The molecular formula is C18H21N5O2. The summed E-state index contributed by atoms with van der Waals surface area (Å²) in [6.45, 7) is 9.26. The number of anilines is 2. The fourth-order valence-electron chi connectivity index (χ4n) is 2.35. The zero-order valence-corrected chi connectivity index (χ0v) is 15.0. The molecule has 0 aliphatic carbocycles. The predicted molar refractivity (Wildman–Crippen MR) is 96.2 cm³/mol. The molecule has 0 aliphatic rings. The van der Waals surface area contributed by atoms with Gasteiger partial charge >= 0.3 is 6.09 Å². The second kappa shape index (κ2) is 6.16. The molecular weight excluding hydrogens is 318 g/mol. The first-order valence-corrected chi connectivity index (χ1v) is 8.01. The molecule has 0 radical (unpaired) electrons. The van der Waals surface area contributed by atoms with E-state index in [1.807, 2.05) is 52.8 Å². The molecule has 7 nitrogen and oxygen atoms in total. The lowest BCUT2D eigenvalue weighted by atomic mass is 10.2. The van der Waals surface area contributed by atoms with Gasteiger partial charge in [0.15, 0.2) is 0 Å². The minimum Gasteiger partial charge on any atom is -0.442 e. The van der Waals surface area contributed by atoms with Crippen molar-refractivity contribution in [2.24, 2.45) is 0 Å². The van der Waals surface area contributed by atoms with Gasteiger partial charge in [-0.15, -0.1) is 0 Å². The minimum atomic E-state index is -0.570. The van der Waals surface area contributed by atoms with Gasteiger partial charge in [-0.1, -0.05) is 0 Å². The topological polar surface area (TPSA) is 81.9 Å². The van der Waals surface area contributed by atoms with Gasteiger partial charge in [-0.05, 0) is 52.8 Å². The number of nitrogens with zero attached hydrogens (tertiary/aromatic N) is 4. The SMILES string of the molecule is Cc1ncc(C)c(Nc2ccc3c(cnn3C(=O)OC(C)(C)C)c2)n1. The van der Waals surface area contributed by atoms with Crippen molar-refractivity contribution < 1.29 is 9.53 Å². The van der Waals surface area contributed by atoms with Crippen molar-refractivity contribution in [3.8, 4) is 0 Å². The molecule has 0 fully saturated rings. The highest BCUT2D eigenvalue weighted by Crippen LogP contribution is 2.23. The van der Waals surface area contributed by atoms with Crippen LogP contribution < -0.4 is 5.32 Å². The second-order valence-electron chi connectivity index (χ2n) is 6.88. The molecule has 0 atom stereocenters. The van der Waals surface area contributed by atoms with Crippen LogP contribution in [0, 0.1) is 13.8 Å². The fraction of sp³-hybridized carbons (Fsp3) is 0.333. The highest BCUT2D eigenvalue weighted by molar-refractivity contribution is 5.90. The van der Waals surface area contributed by atoms with E-state index < -0.39 is 11.7 Å². The van der Waals surface area contributed by atoms with E-state index in [0.29, 0.717) is 11.3 Å². The average Bonchev–Trinajstić information content (AvgIpc) is 2.92. The zero-order valence-electron chi connectivity index (χ0n) is 15.0. The first kappa shape index (κ1) is 16.9. The van der Waals surface area contributed by atoms with E-state index in [1.54, 1.807) is 12.4 Å². The zero-order chi connectivity index (χ0) is 18.2. The van der Waals surface area contributed by atoms with Gasteiger partial charge in [-0.3, -0.25) is 0 Å². The molecule has 0 amide bonds. The number of carbonyl (C=O) groups excluding carboxylic acids is 1. The number of aromatic nitrogens is 4. The lowest BCUT2D eigenvalue weighted by Gasteiger charge is -2.19. The van der Waals surface area contributed by atoms with E-state index in [9.17, 15) is 4.79 Å². The van der Waals surface area contributed by atoms with E-state index in [0.717, 1.165) is 22.5 Å². The third kappa shape index (κ3) is 3.76. The van der Waals surface area contributed by atoms with Crippen LogP contribution in [-0.4, -0.2) is 31.4 Å². The van der Waals surface area contributed by atoms with Gasteiger partial charge in [0.05, 0.1) is 11.7 Å². The van der Waals surface area contributed by atoms with Crippen molar-refractivity contribution in [3.05, 3.63) is 42.0 Å². The summed E-state index contributed by atoms with van der Waals surface area (Å²) in [5, 5.41) is 8.26. The normalized spacial score (nSPS) is 11.6. The molecule has 3 aromatic rings. The van der Waals surface area contributed by atoms with Crippen LogP contribution in [0.4, 0.5) is 16.3 Å². The number of aryl methyl sites for hydroxylation is 2. The number of nitrogens with one attached hydrogen (secondary N) is 1. The summed E-state index contributed by atoms with van der Waals surface area (Å²) in [6, 6.07) is 5.62. The van der Waals surface area contributed by atoms with Gasteiger partial charge < -0.3 is 10.1 Å². The van der Waals surface area contributed by atoms with Crippen molar-refractivity contribution in [1.29, 1.82) is 0 Å². The number of rotatable bonds is 2. The van der Waals surface area contributed by atoms with Crippen molar-refractivity contribution in [3.63, 3.8) is 0 Å². The smallest absolute Gasteiger partial charge is 0.435 e. The number of carbonyl (C=O) groups is 1. The summed E-state index contributed by atoms with van der Waals surface area (Å²) < 4.78 is 6.64. The van der Waals surface area contributed by atoms with Crippen molar-refractivity contribution in [2.45, 2.75) is 40.2 Å². The van der Waals surface area contributed by atoms with Crippen molar-refractivity contribution in [2.75, 3.05) is 5.32 Å². The van der Waals surface area contributed by atoms with E-state index in [4.69, 9.17) is 4.74 Å². The Balaban J connectivity index is 1.89. The number of fused-ring (bicyclic) bond motifs is 1. The molecule has 0 bridgehead atoms. The van der Waals surface area contributed by atoms with Gasteiger partial charge in [0.1, 0.15) is 17.2 Å². The summed E-state index contributed by atoms with van der Waals surface area (Å²) in [4.78, 5) is 20.8. The number of hydrogen-bond donors (Lipinski definition) is 1. The third-order valence-corrected chi connectivity index (χ3v) is 3.49. The molecule has 130 valence electrons. The molecule has 0 saturated carbocycles. The van der Waals surface area contributed by atoms with Crippen LogP contribution >= 0.6 is 0 Å². The summed E-state index contributed by atoms with van der Waals surface area (Å²) in [5.74, 6) is 1.46. The molecule has 0 unspecified atom stereocenters. The number of benzene rings is 1. The van der Waals surface area contributed by atoms with Crippen molar-refractivity contribution >= 4 is 28.5 Å². The Labute approximate surface area is 146 Å². The van der Waals surface area contributed by atoms with Crippen LogP contribution in [0.15, 0.2) is 30.6 Å². The van der Waals surface area contributed by atoms with Crippen molar-refractivity contribution in [1.82, 2.24) is 19.7 Å². The average molecular weight is 339 g/mol. The lowest BCUT2D eigenvalue weighted by Crippen LogP contribution is -2.27. The van der Waals surface area contributed by atoms with Crippen LogP contribution in [0.1, 0.15) is 32.2 Å². The Morgan fingerprint density at radius 1 is 1.20 bits per heavy atom. The molecule has 2 heterocycles. The fourth-order valence-corrected chi connectivity index (χ4v) is 2.35. The first-order valence-electron chi connectivity index (χ1n) is 8.01. The number of ether oxygens (including phenoxy) is 1. The maximum absolute atomic E-state index is 12.2. The highest BCUT2D eigenvalue weighted by Gasteiger charge is 2.20. The van der Waals surface area contributed by atoms with E-state index in [2.05, 4.69) is 20.4 Å². The quantitative estimate of drug-likeness (QED) is 0.761. The molecule has 1 N–H and O–H groups in total. The van der Waals surface area contributed by atoms with Crippen LogP contribution in [0.2, 0.25) is 0 Å². The van der Waals surface area contributed by atoms with E-state index in [1.165, 1.54) is 4.68 Å². The Hall–Kier alpha value is -2.96. The molecule has 0 saturated heterocycles. The largest absolute Gasteiger partial charge is 0.442 e. The highest BCUT2D eigenvalue weighted by atomic mass is 16.6. The van der Waals surface area contributed by atoms with Gasteiger partial charge in [0.2, 0.25) is 0 Å².